The largest absolute Gasteiger partial charge is 0.528 e. The molecule has 0 unspecified atom stereocenters. The highest BCUT2D eigenvalue weighted by molar-refractivity contribution is 7.87. The van der Waals surface area contributed by atoms with Crippen molar-refractivity contribution in [1.29, 1.82) is 0 Å². The van der Waals surface area contributed by atoms with Crippen LogP contribution in [-0.2, 0) is 35.3 Å². The van der Waals surface area contributed by atoms with Crippen LogP contribution in [0.3, 0.4) is 0 Å². The fourth-order valence-electron chi connectivity index (χ4n) is 3.80. The minimum atomic E-state index is -5.94. The summed E-state index contributed by atoms with van der Waals surface area (Å²) in [5, 5.41) is 0.463. The summed E-state index contributed by atoms with van der Waals surface area (Å²) in [6.45, 7) is 8.71. The van der Waals surface area contributed by atoms with E-state index in [0.717, 1.165) is 5.06 Å². The van der Waals surface area contributed by atoms with Crippen molar-refractivity contribution in [3.05, 3.63) is 35.9 Å². The van der Waals surface area contributed by atoms with Crippen molar-refractivity contribution in [1.82, 2.24) is 9.63 Å². The zero-order valence-corrected chi connectivity index (χ0v) is 21.1. The van der Waals surface area contributed by atoms with E-state index in [9.17, 15) is 31.2 Å². The standard InChI is InChI=1S/C20H27F3N2O7SSi/c1-19(2,3)34(4,5)25-15-14(32-33(28,29)20(21,22)23)11-24(16(15)17(25)26)31-18(27)30-12-13-9-7-6-8-10-13/h6-10,14-16H,11-12H2,1-5H3/t14-,15+,16-/m0/s1. The second-order valence-electron chi connectivity index (χ2n) is 9.70. The summed E-state index contributed by atoms with van der Waals surface area (Å²) in [7, 11) is -8.58. The minimum absolute atomic E-state index is 0.131. The molecule has 3 atom stereocenters. The monoisotopic (exact) mass is 524 g/mol. The van der Waals surface area contributed by atoms with E-state index < -0.39 is 60.7 Å². The summed E-state index contributed by atoms with van der Waals surface area (Å²) >= 11 is 0. The van der Waals surface area contributed by atoms with Crippen LogP contribution in [-0.4, -0.2) is 68.6 Å². The maximum Gasteiger partial charge on any atom is 0.528 e. The molecule has 34 heavy (non-hydrogen) atoms. The molecule has 1 aromatic carbocycles. The highest BCUT2D eigenvalue weighted by Crippen LogP contribution is 2.48. The molecular formula is C20H27F3N2O7SSi. The van der Waals surface area contributed by atoms with E-state index in [0.29, 0.717) is 5.56 Å². The van der Waals surface area contributed by atoms with Gasteiger partial charge in [0.05, 0.1) is 12.6 Å². The summed E-state index contributed by atoms with van der Waals surface area (Å²) < 4.78 is 73.4. The Balaban J connectivity index is 1.81. The molecule has 0 bridgehead atoms. The number of fused-ring (bicyclic) bond motifs is 1. The Kier molecular flexibility index (Phi) is 6.85. The molecule has 3 rings (SSSR count). The van der Waals surface area contributed by atoms with Gasteiger partial charge in [-0.15, -0.1) is 5.06 Å². The van der Waals surface area contributed by atoms with E-state index in [1.807, 2.05) is 33.9 Å². The lowest BCUT2D eigenvalue weighted by Gasteiger charge is -2.57. The van der Waals surface area contributed by atoms with Crippen molar-refractivity contribution in [3.63, 3.8) is 0 Å². The maximum absolute atomic E-state index is 13.1. The molecule has 1 aromatic rings. The highest BCUT2D eigenvalue weighted by Gasteiger charge is 2.67. The fourth-order valence-corrected chi connectivity index (χ4v) is 6.87. The molecule has 1 amide bonds. The Morgan fingerprint density at radius 3 is 2.26 bits per heavy atom. The van der Waals surface area contributed by atoms with E-state index in [2.05, 4.69) is 4.18 Å². The molecule has 0 saturated carbocycles. The number of nitrogens with zero attached hydrogens (tertiary/aromatic N) is 2. The van der Waals surface area contributed by atoms with Gasteiger partial charge in [0.25, 0.3) is 0 Å². The third-order valence-corrected chi connectivity index (χ3v) is 13.0. The number of benzene rings is 1. The van der Waals surface area contributed by atoms with Crippen molar-refractivity contribution in [3.8, 4) is 0 Å². The number of carbonyl (C=O) groups is 2. The van der Waals surface area contributed by atoms with Crippen molar-refractivity contribution in [2.75, 3.05) is 6.54 Å². The zero-order chi connectivity index (χ0) is 25.7. The van der Waals surface area contributed by atoms with Crippen LogP contribution in [0.2, 0.25) is 18.1 Å². The molecule has 2 aliphatic rings. The van der Waals surface area contributed by atoms with Crippen LogP contribution in [0.15, 0.2) is 30.3 Å². The predicted molar refractivity (Wildman–Crippen MR) is 116 cm³/mol. The number of ether oxygens (including phenoxy) is 1. The Hall–Kier alpha value is -2.16. The van der Waals surface area contributed by atoms with Gasteiger partial charge in [0.1, 0.15) is 18.8 Å². The molecule has 0 aliphatic carbocycles. The second kappa shape index (κ2) is 8.81. The van der Waals surface area contributed by atoms with Crippen LogP contribution < -0.4 is 0 Å². The van der Waals surface area contributed by atoms with E-state index in [1.54, 1.807) is 30.3 Å². The molecule has 0 radical (unpaired) electrons. The highest BCUT2D eigenvalue weighted by atomic mass is 32.2. The van der Waals surface area contributed by atoms with Crippen LogP contribution in [0.4, 0.5) is 18.0 Å². The van der Waals surface area contributed by atoms with Crippen molar-refractivity contribution < 1.29 is 44.9 Å². The van der Waals surface area contributed by atoms with Gasteiger partial charge in [-0.25, -0.2) is 4.79 Å². The molecule has 2 aliphatic heterocycles. The molecule has 2 heterocycles. The Morgan fingerprint density at radius 1 is 1.15 bits per heavy atom. The number of β-lactam (4-membered cyclic amide) rings is 1. The lowest BCUT2D eigenvalue weighted by Crippen LogP contribution is -2.77. The molecule has 2 fully saturated rings. The second-order valence-corrected chi connectivity index (χ2v) is 16.4. The quantitative estimate of drug-likeness (QED) is 0.184. The van der Waals surface area contributed by atoms with Gasteiger partial charge in [-0.1, -0.05) is 64.2 Å². The Morgan fingerprint density at radius 2 is 1.74 bits per heavy atom. The number of rotatable bonds is 6. The van der Waals surface area contributed by atoms with Crippen LogP contribution in [0.1, 0.15) is 26.3 Å². The number of hydrogen-bond donors (Lipinski definition) is 0. The first-order valence-corrected chi connectivity index (χ1v) is 14.8. The summed E-state index contributed by atoms with van der Waals surface area (Å²) in [6.07, 6.45) is -2.76. The number of carbonyl (C=O) groups excluding carboxylic acids is 2. The summed E-state index contributed by atoms with van der Waals surface area (Å²) in [6, 6.07) is 6.45. The number of halogens is 3. The van der Waals surface area contributed by atoms with Gasteiger partial charge in [0.15, 0.2) is 8.24 Å². The van der Waals surface area contributed by atoms with Gasteiger partial charge in [-0.05, 0) is 10.6 Å². The van der Waals surface area contributed by atoms with E-state index in [4.69, 9.17) is 9.57 Å². The first-order chi connectivity index (χ1) is 15.5. The molecule has 0 aromatic heterocycles. The normalized spacial score (nSPS) is 23.9. The first-order valence-electron chi connectivity index (χ1n) is 10.5. The lowest BCUT2D eigenvalue weighted by atomic mass is 9.99. The van der Waals surface area contributed by atoms with Gasteiger partial charge < -0.3 is 14.1 Å². The fraction of sp³-hybridized carbons (Fsp3) is 0.600. The van der Waals surface area contributed by atoms with Gasteiger partial charge in [-0.2, -0.15) is 21.6 Å². The zero-order valence-electron chi connectivity index (χ0n) is 19.3. The van der Waals surface area contributed by atoms with Crippen LogP contribution >= 0.6 is 0 Å². The topological polar surface area (TPSA) is 102 Å². The van der Waals surface area contributed by atoms with Crippen LogP contribution in [0, 0.1) is 0 Å². The molecule has 190 valence electrons. The van der Waals surface area contributed by atoms with Crippen LogP contribution in [0.5, 0.6) is 0 Å². The average molecular weight is 525 g/mol. The molecular weight excluding hydrogens is 497 g/mol. The summed E-state index contributed by atoms with van der Waals surface area (Å²) in [4.78, 5) is 30.4. The summed E-state index contributed by atoms with van der Waals surface area (Å²) in [5.74, 6) is -0.469. The molecule has 0 N–H and O–H groups in total. The average Bonchev–Trinajstić information content (AvgIpc) is 2.96. The third kappa shape index (κ3) is 4.81. The minimum Gasteiger partial charge on any atom is -0.428 e. The molecule has 2 saturated heterocycles. The summed E-state index contributed by atoms with van der Waals surface area (Å²) in [5.41, 5.74) is -4.97. The van der Waals surface area contributed by atoms with Gasteiger partial charge in [0, 0.05) is 0 Å². The first kappa shape index (κ1) is 26.4. The molecule has 9 nitrogen and oxygen atoms in total. The number of amides is 1. The number of alkyl halides is 3. The van der Waals surface area contributed by atoms with Crippen LogP contribution in [0.25, 0.3) is 0 Å². The van der Waals surface area contributed by atoms with Gasteiger partial charge >= 0.3 is 21.8 Å². The van der Waals surface area contributed by atoms with Gasteiger partial charge in [0.2, 0.25) is 5.91 Å². The maximum atomic E-state index is 13.1. The number of hydrogen-bond acceptors (Lipinski definition) is 8. The smallest absolute Gasteiger partial charge is 0.428 e. The Bertz CT molecular complexity index is 1040. The van der Waals surface area contributed by atoms with Gasteiger partial charge in [-0.3, -0.25) is 8.98 Å². The molecule has 0 spiro atoms. The van der Waals surface area contributed by atoms with Crippen molar-refractivity contribution in [2.45, 2.75) is 69.2 Å². The van der Waals surface area contributed by atoms with E-state index in [1.165, 1.54) is 4.57 Å². The lowest BCUT2D eigenvalue weighted by molar-refractivity contribution is -0.179. The number of hydroxylamine groups is 2. The SMILES string of the molecule is CC(C)(C)[Si](C)(C)N1C(=O)[C@@H]2[C@H]1[C@@H](OS(=O)(=O)C(F)(F)F)CN2OC(=O)OCc1ccccc1. The van der Waals surface area contributed by atoms with Crippen molar-refractivity contribution >= 4 is 30.4 Å². The van der Waals surface area contributed by atoms with Crippen molar-refractivity contribution in [2.24, 2.45) is 0 Å². The van der Waals surface area contributed by atoms with E-state index in [-0.39, 0.29) is 11.6 Å². The predicted octanol–water partition coefficient (Wildman–Crippen LogP) is 3.39. The Labute approximate surface area is 196 Å². The van der Waals surface area contributed by atoms with E-state index >= 15 is 0 Å². The molecule has 14 heteroatoms. The third-order valence-electron chi connectivity index (χ3n) is 6.53.